The Morgan fingerprint density at radius 2 is 1.82 bits per heavy atom. The third kappa shape index (κ3) is 3.05. The summed E-state index contributed by atoms with van der Waals surface area (Å²) in [4.78, 5) is 11.3. The second kappa shape index (κ2) is 7.27. The molecule has 28 heavy (non-hydrogen) atoms. The fraction of sp³-hybridized carbons (Fsp3) is 0.958. The van der Waals surface area contributed by atoms with Gasteiger partial charge in [-0.1, -0.05) is 20.8 Å². The highest BCUT2D eigenvalue weighted by atomic mass is 16.3. The van der Waals surface area contributed by atoms with Gasteiger partial charge in [-0.15, -0.1) is 0 Å². The molecule has 4 heteroatoms. The summed E-state index contributed by atoms with van der Waals surface area (Å²) in [6, 6.07) is 0. The van der Waals surface area contributed by atoms with Crippen LogP contribution in [0.1, 0.15) is 85.0 Å². The van der Waals surface area contributed by atoms with Gasteiger partial charge in [-0.25, -0.2) is 0 Å². The second-order valence-electron chi connectivity index (χ2n) is 11.4. The number of amides is 1. The molecule has 4 fully saturated rings. The number of rotatable bonds is 4. The highest BCUT2D eigenvalue weighted by Crippen LogP contribution is 2.68. The SMILES string of the molecule is C[C@H](CCC(N)=O)C1CCC2C3CCC4C[C@H](O)CCC4(C)C3C[C@H](O)C21C. The van der Waals surface area contributed by atoms with E-state index in [1.54, 1.807) is 0 Å². The minimum Gasteiger partial charge on any atom is -0.393 e. The Kier molecular flexibility index (Phi) is 5.36. The summed E-state index contributed by atoms with van der Waals surface area (Å²) >= 11 is 0. The van der Waals surface area contributed by atoms with Crippen LogP contribution < -0.4 is 5.73 Å². The second-order valence-corrected chi connectivity index (χ2v) is 11.4. The molecule has 4 saturated carbocycles. The Morgan fingerprint density at radius 1 is 1.07 bits per heavy atom. The Balaban J connectivity index is 1.56. The van der Waals surface area contributed by atoms with Gasteiger partial charge < -0.3 is 15.9 Å². The van der Waals surface area contributed by atoms with Gasteiger partial charge in [0, 0.05) is 6.42 Å². The molecule has 0 saturated heterocycles. The monoisotopic (exact) mass is 391 g/mol. The van der Waals surface area contributed by atoms with Gasteiger partial charge in [0.25, 0.3) is 0 Å². The minimum absolute atomic E-state index is 0.0182. The maximum absolute atomic E-state index is 11.5. The first-order valence-electron chi connectivity index (χ1n) is 11.8. The summed E-state index contributed by atoms with van der Waals surface area (Å²) in [6.45, 7) is 7.09. The topological polar surface area (TPSA) is 83.6 Å². The number of primary amides is 1. The predicted octanol–water partition coefficient (Wildman–Crippen LogP) is 3.88. The molecule has 4 rings (SSSR count). The molecule has 10 atom stereocenters. The molecular weight excluding hydrogens is 350 g/mol. The maximum atomic E-state index is 11.5. The van der Waals surface area contributed by atoms with Gasteiger partial charge in [0.15, 0.2) is 0 Å². The van der Waals surface area contributed by atoms with Crippen LogP contribution in [0.15, 0.2) is 0 Å². The minimum atomic E-state index is -0.246. The van der Waals surface area contributed by atoms with Crippen LogP contribution in [-0.2, 0) is 4.79 Å². The van der Waals surface area contributed by atoms with E-state index >= 15 is 0 Å². The van der Waals surface area contributed by atoms with E-state index < -0.39 is 0 Å². The molecule has 0 heterocycles. The number of carbonyl (C=O) groups is 1. The van der Waals surface area contributed by atoms with Gasteiger partial charge in [0.05, 0.1) is 12.2 Å². The molecule has 4 aliphatic rings. The number of aliphatic hydroxyl groups is 2. The maximum Gasteiger partial charge on any atom is 0.217 e. The normalized spacial score (nSPS) is 51.7. The van der Waals surface area contributed by atoms with Gasteiger partial charge in [-0.05, 0) is 104 Å². The first-order valence-corrected chi connectivity index (χ1v) is 11.8. The summed E-state index contributed by atoms with van der Waals surface area (Å²) in [6.07, 6.45) is 9.82. The van der Waals surface area contributed by atoms with Crippen molar-refractivity contribution < 1.29 is 15.0 Å². The molecule has 0 aromatic carbocycles. The molecular formula is C24H41NO3. The van der Waals surface area contributed by atoms with Crippen molar-refractivity contribution in [3.63, 3.8) is 0 Å². The molecule has 1 amide bonds. The van der Waals surface area contributed by atoms with E-state index in [2.05, 4.69) is 20.8 Å². The largest absolute Gasteiger partial charge is 0.393 e. The summed E-state index contributed by atoms with van der Waals surface area (Å²) in [5.41, 5.74) is 5.67. The van der Waals surface area contributed by atoms with Gasteiger partial charge >= 0.3 is 0 Å². The van der Waals surface area contributed by atoms with Crippen LogP contribution >= 0.6 is 0 Å². The van der Waals surface area contributed by atoms with Crippen molar-refractivity contribution in [3.05, 3.63) is 0 Å². The summed E-state index contributed by atoms with van der Waals surface area (Å²) in [7, 11) is 0. The molecule has 160 valence electrons. The van der Waals surface area contributed by atoms with Crippen molar-refractivity contribution in [2.45, 2.75) is 97.2 Å². The van der Waals surface area contributed by atoms with Gasteiger partial charge in [0.2, 0.25) is 5.91 Å². The molecule has 0 aliphatic heterocycles. The van der Waals surface area contributed by atoms with Crippen LogP contribution in [-0.4, -0.2) is 28.3 Å². The first-order chi connectivity index (χ1) is 13.2. The molecule has 0 aromatic rings. The van der Waals surface area contributed by atoms with Crippen LogP contribution in [0.4, 0.5) is 0 Å². The number of hydrogen-bond donors (Lipinski definition) is 3. The average Bonchev–Trinajstić information content (AvgIpc) is 3.00. The standard InChI is InChI=1S/C24H41NO3/c1-14(4-9-22(25)28)18-7-8-19-17-6-5-15-12-16(26)10-11-23(15,2)20(17)13-21(27)24(18,19)3/h14-21,26-27H,4-13H2,1-3H3,(H2,25,28)/t14-,15?,16-,17?,18?,19?,20?,21+,23?,24?/m1/s1. The summed E-state index contributed by atoms with van der Waals surface area (Å²) in [5.74, 6) is 3.27. The quantitative estimate of drug-likeness (QED) is 0.680. The molecule has 0 bridgehead atoms. The van der Waals surface area contributed by atoms with Crippen LogP contribution in [0.2, 0.25) is 0 Å². The first kappa shape index (κ1) is 20.7. The van der Waals surface area contributed by atoms with Crippen LogP contribution in [0.3, 0.4) is 0 Å². The van der Waals surface area contributed by atoms with E-state index in [0.717, 1.165) is 38.0 Å². The number of nitrogens with two attached hydrogens (primary N) is 1. The fourth-order valence-electron chi connectivity index (χ4n) is 8.73. The predicted molar refractivity (Wildman–Crippen MR) is 110 cm³/mol. The molecule has 4 N–H and O–H groups in total. The van der Waals surface area contributed by atoms with Crippen LogP contribution in [0, 0.1) is 46.3 Å². The van der Waals surface area contributed by atoms with Gasteiger partial charge in [-0.3, -0.25) is 4.79 Å². The summed E-state index contributed by atoms with van der Waals surface area (Å²) in [5, 5.41) is 21.7. The van der Waals surface area contributed by atoms with E-state index in [-0.39, 0.29) is 23.5 Å². The van der Waals surface area contributed by atoms with Crippen molar-refractivity contribution in [1.82, 2.24) is 0 Å². The molecule has 0 radical (unpaired) electrons. The van der Waals surface area contributed by atoms with Crippen LogP contribution in [0.5, 0.6) is 0 Å². The number of carbonyl (C=O) groups excluding carboxylic acids is 1. The Labute approximate surface area is 170 Å². The van der Waals surface area contributed by atoms with E-state index in [9.17, 15) is 15.0 Å². The fourth-order valence-corrected chi connectivity index (χ4v) is 8.73. The van der Waals surface area contributed by atoms with E-state index in [1.165, 1.54) is 25.7 Å². The van der Waals surface area contributed by atoms with Gasteiger partial charge in [0.1, 0.15) is 0 Å². The highest BCUT2D eigenvalue weighted by Gasteiger charge is 2.63. The lowest BCUT2D eigenvalue weighted by Gasteiger charge is -2.62. The van der Waals surface area contributed by atoms with Crippen molar-refractivity contribution >= 4 is 5.91 Å². The third-order valence-corrected chi connectivity index (χ3v) is 10.3. The Bertz CT molecular complexity index is 609. The number of aliphatic hydroxyl groups excluding tert-OH is 2. The van der Waals surface area contributed by atoms with Crippen LogP contribution in [0.25, 0.3) is 0 Å². The molecule has 0 spiro atoms. The van der Waals surface area contributed by atoms with Crippen molar-refractivity contribution in [3.8, 4) is 0 Å². The Morgan fingerprint density at radius 3 is 2.54 bits per heavy atom. The molecule has 4 aliphatic carbocycles. The zero-order valence-electron chi connectivity index (χ0n) is 18.1. The van der Waals surface area contributed by atoms with Crippen molar-refractivity contribution in [2.75, 3.05) is 0 Å². The average molecular weight is 392 g/mol. The molecule has 7 unspecified atom stereocenters. The lowest BCUT2D eigenvalue weighted by Crippen LogP contribution is -2.58. The van der Waals surface area contributed by atoms with E-state index in [4.69, 9.17) is 5.73 Å². The highest BCUT2D eigenvalue weighted by molar-refractivity contribution is 5.73. The number of hydrogen-bond acceptors (Lipinski definition) is 3. The van der Waals surface area contributed by atoms with E-state index in [0.29, 0.717) is 41.4 Å². The zero-order chi connectivity index (χ0) is 20.3. The van der Waals surface area contributed by atoms with Gasteiger partial charge in [-0.2, -0.15) is 0 Å². The van der Waals surface area contributed by atoms with E-state index in [1.807, 2.05) is 0 Å². The summed E-state index contributed by atoms with van der Waals surface area (Å²) < 4.78 is 0. The van der Waals surface area contributed by atoms with Crippen molar-refractivity contribution in [1.29, 1.82) is 0 Å². The number of fused-ring (bicyclic) bond motifs is 5. The lowest BCUT2D eigenvalue weighted by atomic mass is 9.43. The lowest BCUT2D eigenvalue weighted by molar-refractivity contribution is -0.174. The Hall–Kier alpha value is -0.610. The molecule has 0 aromatic heterocycles. The molecule has 4 nitrogen and oxygen atoms in total. The van der Waals surface area contributed by atoms with Crippen molar-refractivity contribution in [2.24, 2.45) is 52.1 Å². The third-order valence-electron chi connectivity index (χ3n) is 10.3. The smallest absolute Gasteiger partial charge is 0.217 e. The zero-order valence-corrected chi connectivity index (χ0v) is 18.1.